The highest BCUT2D eigenvalue weighted by molar-refractivity contribution is 5.94. The predicted molar refractivity (Wildman–Crippen MR) is 77.0 cm³/mol. The predicted octanol–water partition coefficient (Wildman–Crippen LogP) is 1.81. The Kier molecular flexibility index (Phi) is 3.18. The van der Waals surface area contributed by atoms with Crippen LogP contribution < -0.4 is 5.73 Å². The molecule has 1 fully saturated rings. The standard InChI is InChI=1S/C15H18N4O/c1-18-9-11(16)8-14(18)15(20)19(13-5-6-13)10-12-4-2-3-7-17-12/h2-4,7-9,13H,5-6,10,16H2,1H3. The molecule has 0 atom stereocenters. The maximum absolute atomic E-state index is 12.7. The van der Waals surface area contributed by atoms with Gasteiger partial charge in [0.2, 0.25) is 0 Å². The Morgan fingerprint density at radius 2 is 2.30 bits per heavy atom. The smallest absolute Gasteiger partial charge is 0.271 e. The van der Waals surface area contributed by atoms with Gasteiger partial charge in [-0.3, -0.25) is 9.78 Å². The third kappa shape index (κ3) is 2.52. The highest BCUT2D eigenvalue weighted by Crippen LogP contribution is 2.30. The van der Waals surface area contributed by atoms with E-state index in [1.165, 1.54) is 0 Å². The van der Waals surface area contributed by atoms with E-state index < -0.39 is 0 Å². The van der Waals surface area contributed by atoms with Crippen molar-refractivity contribution in [2.75, 3.05) is 5.73 Å². The molecule has 0 radical (unpaired) electrons. The first-order valence-electron chi connectivity index (χ1n) is 6.78. The lowest BCUT2D eigenvalue weighted by atomic mass is 10.3. The van der Waals surface area contributed by atoms with E-state index in [9.17, 15) is 4.79 Å². The second-order valence-corrected chi connectivity index (χ2v) is 5.25. The number of carbonyl (C=O) groups excluding carboxylic acids is 1. The fraction of sp³-hybridized carbons (Fsp3) is 0.333. The van der Waals surface area contributed by atoms with Gasteiger partial charge in [0.15, 0.2) is 0 Å². The summed E-state index contributed by atoms with van der Waals surface area (Å²) in [5.74, 6) is 0.0253. The van der Waals surface area contributed by atoms with Crippen molar-refractivity contribution in [1.82, 2.24) is 14.5 Å². The Bertz CT molecular complexity index is 616. The summed E-state index contributed by atoms with van der Waals surface area (Å²) in [6.07, 6.45) is 5.65. The number of aryl methyl sites for hydroxylation is 1. The van der Waals surface area contributed by atoms with Crippen molar-refractivity contribution >= 4 is 11.6 Å². The highest BCUT2D eigenvalue weighted by atomic mass is 16.2. The molecule has 2 N–H and O–H groups in total. The molecule has 2 aromatic heterocycles. The number of anilines is 1. The third-order valence-corrected chi connectivity index (χ3v) is 3.55. The van der Waals surface area contributed by atoms with Gasteiger partial charge in [-0.25, -0.2) is 0 Å². The first-order chi connectivity index (χ1) is 9.65. The summed E-state index contributed by atoms with van der Waals surface area (Å²) in [6.45, 7) is 0.551. The lowest BCUT2D eigenvalue weighted by molar-refractivity contribution is 0.0718. The number of amides is 1. The summed E-state index contributed by atoms with van der Waals surface area (Å²) in [7, 11) is 1.84. The van der Waals surface area contributed by atoms with E-state index in [4.69, 9.17) is 5.73 Å². The summed E-state index contributed by atoms with van der Waals surface area (Å²) in [6, 6.07) is 7.84. The Morgan fingerprint density at radius 1 is 1.50 bits per heavy atom. The SMILES string of the molecule is Cn1cc(N)cc1C(=O)N(Cc1ccccn1)C1CC1. The monoisotopic (exact) mass is 270 g/mol. The van der Waals surface area contributed by atoms with Crippen molar-refractivity contribution in [1.29, 1.82) is 0 Å². The number of nitrogen functional groups attached to an aromatic ring is 1. The summed E-state index contributed by atoms with van der Waals surface area (Å²) < 4.78 is 1.78. The van der Waals surface area contributed by atoms with Crippen LogP contribution in [0.2, 0.25) is 0 Å². The van der Waals surface area contributed by atoms with Crippen molar-refractivity contribution in [2.45, 2.75) is 25.4 Å². The molecule has 0 aromatic carbocycles. The van der Waals surface area contributed by atoms with Gasteiger partial charge < -0.3 is 15.2 Å². The minimum atomic E-state index is 0.0253. The number of hydrogen-bond donors (Lipinski definition) is 1. The topological polar surface area (TPSA) is 64.2 Å². The molecule has 5 nitrogen and oxygen atoms in total. The Labute approximate surface area is 118 Å². The molecule has 0 spiro atoms. The number of hydrogen-bond acceptors (Lipinski definition) is 3. The average molecular weight is 270 g/mol. The van der Waals surface area contributed by atoms with Gasteiger partial charge >= 0.3 is 0 Å². The Hall–Kier alpha value is -2.30. The van der Waals surface area contributed by atoms with E-state index in [-0.39, 0.29) is 5.91 Å². The third-order valence-electron chi connectivity index (χ3n) is 3.55. The van der Waals surface area contributed by atoms with Gasteiger partial charge in [0.25, 0.3) is 5.91 Å². The maximum Gasteiger partial charge on any atom is 0.271 e. The van der Waals surface area contributed by atoms with E-state index in [0.717, 1.165) is 18.5 Å². The lowest BCUT2D eigenvalue weighted by Crippen LogP contribution is -2.34. The van der Waals surface area contributed by atoms with Crippen LogP contribution in [0.3, 0.4) is 0 Å². The first-order valence-corrected chi connectivity index (χ1v) is 6.78. The van der Waals surface area contributed by atoms with Crippen molar-refractivity contribution < 1.29 is 4.79 Å². The molecule has 2 aromatic rings. The number of nitrogens with zero attached hydrogens (tertiary/aromatic N) is 3. The zero-order chi connectivity index (χ0) is 14.1. The highest BCUT2D eigenvalue weighted by Gasteiger charge is 2.34. The van der Waals surface area contributed by atoms with Crippen LogP contribution in [0, 0.1) is 0 Å². The van der Waals surface area contributed by atoms with Crippen LogP contribution in [-0.2, 0) is 13.6 Å². The van der Waals surface area contributed by atoms with Gasteiger partial charge in [-0.2, -0.15) is 0 Å². The molecule has 0 bridgehead atoms. The Morgan fingerprint density at radius 3 is 2.85 bits per heavy atom. The summed E-state index contributed by atoms with van der Waals surface area (Å²) in [5, 5.41) is 0. The van der Waals surface area contributed by atoms with Crippen LogP contribution in [0.15, 0.2) is 36.7 Å². The summed E-state index contributed by atoms with van der Waals surface area (Å²) in [4.78, 5) is 18.9. The number of rotatable bonds is 4. The molecular formula is C15H18N4O. The molecule has 5 heteroatoms. The molecule has 0 unspecified atom stereocenters. The first kappa shape index (κ1) is 12.7. The molecule has 1 amide bonds. The van der Waals surface area contributed by atoms with Crippen molar-refractivity contribution in [2.24, 2.45) is 7.05 Å². The van der Waals surface area contributed by atoms with Crippen LogP contribution in [0.5, 0.6) is 0 Å². The average Bonchev–Trinajstić information content (AvgIpc) is 3.22. The number of aromatic nitrogens is 2. The largest absolute Gasteiger partial charge is 0.397 e. The zero-order valence-electron chi connectivity index (χ0n) is 11.5. The van der Waals surface area contributed by atoms with Gasteiger partial charge in [-0.15, -0.1) is 0 Å². The van der Waals surface area contributed by atoms with Gasteiger partial charge in [0, 0.05) is 25.5 Å². The molecule has 2 heterocycles. The zero-order valence-corrected chi connectivity index (χ0v) is 11.5. The van der Waals surface area contributed by atoms with Gasteiger partial charge in [-0.1, -0.05) is 6.07 Å². The van der Waals surface area contributed by atoms with Crippen molar-refractivity contribution in [3.05, 3.63) is 48.0 Å². The molecule has 3 rings (SSSR count). The van der Waals surface area contributed by atoms with Crippen LogP contribution >= 0.6 is 0 Å². The molecular weight excluding hydrogens is 252 g/mol. The van der Waals surface area contributed by atoms with E-state index in [1.807, 2.05) is 30.1 Å². The van der Waals surface area contributed by atoms with Crippen LogP contribution in [0.4, 0.5) is 5.69 Å². The number of pyridine rings is 1. The summed E-state index contributed by atoms with van der Waals surface area (Å²) >= 11 is 0. The molecule has 20 heavy (non-hydrogen) atoms. The second kappa shape index (κ2) is 5.00. The van der Waals surface area contributed by atoms with E-state index in [0.29, 0.717) is 24.0 Å². The van der Waals surface area contributed by atoms with Crippen molar-refractivity contribution in [3.63, 3.8) is 0 Å². The second-order valence-electron chi connectivity index (χ2n) is 5.25. The number of carbonyl (C=O) groups is 1. The van der Waals surface area contributed by atoms with E-state index in [2.05, 4.69) is 4.98 Å². The normalized spacial score (nSPS) is 14.2. The molecule has 0 saturated heterocycles. The molecule has 0 aliphatic heterocycles. The van der Waals surface area contributed by atoms with Crippen molar-refractivity contribution in [3.8, 4) is 0 Å². The molecule has 1 aliphatic rings. The van der Waals surface area contributed by atoms with E-state index in [1.54, 1.807) is 23.0 Å². The Balaban J connectivity index is 1.84. The van der Waals surface area contributed by atoms with Gasteiger partial charge in [-0.05, 0) is 31.0 Å². The fourth-order valence-corrected chi connectivity index (χ4v) is 2.37. The molecule has 104 valence electrons. The van der Waals surface area contributed by atoms with Gasteiger partial charge in [0.1, 0.15) is 5.69 Å². The minimum Gasteiger partial charge on any atom is -0.397 e. The molecule has 1 saturated carbocycles. The minimum absolute atomic E-state index is 0.0253. The van der Waals surface area contributed by atoms with Crippen LogP contribution in [0.1, 0.15) is 29.0 Å². The molecule has 1 aliphatic carbocycles. The van der Waals surface area contributed by atoms with Gasteiger partial charge in [0.05, 0.1) is 17.9 Å². The quantitative estimate of drug-likeness (QED) is 0.921. The maximum atomic E-state index is 12.7. The van der Waals surface area contributed by atoms with Crippen LogP contribution in [-0.4, -0.2) is 26.4 Å². The number of nitrogens with two attached hydrogens (primary N) is 1. The van der Waals surface area contributed by atoms with E-state index >= 15 is 0 Å². The lowest BCUT2D eigenvalue weighted by Gasteiger charge is -2.22. The summed E-state index contributed by atoms with van der Waals surface area (Å²) in [5.41, 5.74) is 7.91. The fourth-order valence-electron chi connectivity index (χ4n) is 2.37. The van der Waals surface area contributed by atoms with Crippen LogP contribution in [0.25, 0.3) is 0 Å².